The lowest BCUT2D eigenvalue weighted by atomic mass is 10.0. The van der Waals surface area contributed by atoms with Crippen LogP contribution in [0.5, 0.6) is 0 Å². The van der Waals surface area contributed by atoms with Crippen LogP contribution in [0.3, 0.4) is 0 Å². The number of carbonyl (C=O) groups is 1. The molecule has 1 amide bonds. The smallest absolute Gasteiger partial charge is 0.257 e. The molecule has 8 heteroatoms. The van der Waals surface area contributed by atoms with Crippen molar-refractivity contribution in [1.29, 1.82) is 0 Å². The van der Waals surface area contributed by atoms with Gasteiger partial charge in [0.15, 0.2) is 6.10 Å². The number of hydrogen-bond donors (Lipinski definition) is 1. The Morgan fingerprint density at radius 3 is 2.64 bits per heavy atom. The average molecular weight is 347 g/mol. The maximum Gasteiger partial charge on any atom is 0.257 e. The van der Waals surface area contributed by atoms with Crippen LogP contribution in [0, 0.1) is 6.92 Å². The van der Waals surface area contributed by atoms with Gasteiger partial charge in [-0.25, -0.2) is 0 Å². The van der Waals surface area contributed by atoms with Crippen LogP contribution in [-0.2, 0) is 4.74 Å². The Morgan fingerprint density at radius 1 is 1.24 bits per heavy atom. The molecule has 3 rings (SSSR count). The van der Waals surface area contributed by atoms with Crippen molar-refractivity contribution in [3.63, 3.8) is 0 Å². The fourth-order valence-electron chi connectivity index (χ4n) is 2.89. The molecule has 0 unspecified atom stereocenters. The fourth-order valence-corrected chi connectivity index (χ4v) is 2.89. The SMILES string of the molecule is Cc1[nH]nc(C(C)C)c1C(=O)N1CCO[C@@H](c2nnc(C(C)C)o2)C1. The van der Waals surface area contributed by atoms with Crippen molar-refractivity contribution >= 4 is 5.91 Å². The zero-order chi connectivity index (χ0) is 18.1. The van der Waals surface area contributed by atoms with Crippen LogP contribution in [0.1, 0.15) is 79.2 Å². The Labute approximate surface area is 146 Å². The molecule has 0 radical (unpaired) electrons. The Hall–Kier alpha value is -2.22. The van der Waals surface area contributed by atoms with Gasteiger partial charge < -0.3 is 14.1 Å². The minimum absolute atomic E-state index is 0.0353. The van der Waals surface area contributed by atoms with Gasteiger partial charge in [0.2, 0.25) is 11.8 Å². The Balaban J connectivity index is 1.79. The fraction of sp³-hybridized carbons (Fsp3) is 0.647. The number of amides is 1. The monoisotopic (exact) mass is 347 g/mol. The van der Waals surface area contributed by atoms with E-state index in [1.165, 1.54) is 0 Å². The summed E-state index contributed by atoms with van der Waals surface area (Å²) in [6.07, 6.45) is -0.396. The van der Waals surface area contributed by atoms with E-state index >= 15 is 0 Å². The molecule has 8 nitrogen and oxygen atoms in total. The third-order valence-electron chi connectivity index (χ3n) is 4.32. The molecular weight excluding hydrogens is 322 g/mol. The highest BCUT2D eigenvalue weighted by Gasteiger charge is 2.32. The van der Waals surface area contributed by atoms with Gasteiger partial charge >= 0.3 is 0 Å². The molecule has 1 N–H and O–H groups in total. The molecule has 0 saturated carbocycles. The minimum Gasteiger partial charge on any atom is -0.422 e. The second-order valence-electron chi connectivity index (χ2n) is 7.01. The highest BCUT2D eigenvalue weighted by atomic mass is 16.5. The predicted octanol–water partition coefficient (Wildman–Crippen LogP) is 2.56. The van der Waals surface area contributed by atoms with Crippen LogP contribution < -0.4 is 0 Å². The number of morpholine rings is 1. The number of aromatic amines is 1. The molecule has 1 fully saturated rings. The van der Waals surface area contributed by atoms with Crippen LogP contribution >= 0.6 is 0 Å². The summed E-state index contributed by atoms with van der Waals surface area (Å²) in [7, 11) is 0. The molecule has 2 aromatic rings. The number of rotatable bonds is 4. The van der Waals surface area contributed by atoms with E-state index in [0.717, 1.165) is 11.4 Å². The first-order valence-electron chi connectivity index (χ1n) is 8.67. The second-order valence-corrected chi connectivity index (χ2v) is 7.01. The summed E-state index contributed by atoms with van der Waals surface area (Å²) in [5, 5.41) is 15.3. The van der Waals surface area contributed by atoms with Gasteiger partial charge in [-0.2, -0.15) is 5.10 Å². The van der Waals surface area contributed by atoms with Gasteiger partial charge in [-0.1, -0.05) is 27.7 Å². The van der Waals surface area contributed by atoms with Crippen LogP contribution in [-0.4, -0.2) is 50.9 Å². The standard InChI is InChI=1S/C17H25N5O3/c1-9(2)14-13(11(5)18-19-14)17(23)22-6-7-24-12(8-22)16-21-20-15(25-16)10(3)4/h9-10,12H,6-8H2,1-5H3,(H,18,19)/t12-/m1/s1. The molecule has 0 aliphatic carbocycles. The van der Waals surface area contributed by atoms with Crippen molar-refractivity contribution in [2.24, 2.45) is 0 Å². The van der Waals surface area contributed by atoms with Gasteiger partial charge in [0.25, 0.3) is 5.91 Å². The van der Waals surface area contributed by atoms with E-state index < -0.39 is 6.10 Å². The van der Waals surface area contributed by atoms with Crippen LogP contribution in [0.4, 0.5) is 0 Å². The molecule has 136 valence electrons. The molecule has 25 heavy (non-hydrogen) atoms. The first-order chi connectivity index (χ1) is 11.9. The van der Waals surface area contributed by atoms with Crippen molar-refractivity contribution in [1.82, 2.24) is 25.3 Å². The van der Waals surface area contributed by atoms with Crippen LogP contribution in [0.25, 0.3) is 0 Å². The Morgan fingerprint density at radius 2 is 2.00 bits per heavy atom. The number of hydrogen-bond acceptors (Lipinski definition) is 6. The van der Waals surface area contributed by atoms with Crippen molar-refractivity contribution in [3.8, 4) is 0 Å². The van der Waals surface area contributed by atoms with Gasteiger partial charge in [-0.15, -0.1) is 10.2 Å². The van der Waals surface area contributed by atoms with E-state index in [9.17, 15) is 4.79 Å². The maximum absolute atomic E-state index is 13.0. The number of aryl methyl sites for hydroxylation is 1. The van der Waals surface area contributed by atoms with E-state index in [1.54, 1.807) is 4.90 Å². The minimum atomic E-state index is -0.396. The third-order valence-corrected chi connectivity index (χ3v) is 4.32. The zero-order valence-electron chi connectivity index (χ0n) is 15.4. The molecular formula is C17H25N5O3. The topological polar surface area (TPSA) is 97.1 Å². The Bertz CT molecular complexity index is 749. The third kappa shape index (κ3) is 3.44. The van der Waals surface area contributed by atoms with E-state index in [-0.39, 0.29) is 17.7 Å². The molecule has 1 saturated heterocycles. The van der Waals surface area contributed by atoms with Gasteiger partial charge in [0.1, 0.15) is 0 Å². The number of nitrogens with zero attached hydrogens (tertiary/aromatic N) is 4. The second kappa shape index (κ2) is 6.95. The molecule has 1 atom stereocenters. The largest absolute Gasteiger partial charge is 0.422 e. The molecule has 0 spiro atoms. The number of H-pyrrole nitrogens is 1. The lowest BCUT2D eigenvalue weighted by Crippen LogP contribution is -2.42. The van der Waals surface area contributed by atoms with Gasteiger partial charge in [0, 0.05) is 18.2 Å². The Kier molecular flexibility index (Phi) is 4.89. The summed E-state index contributed by atoms with van der Waals surface area (Å²) >= 11 is 0. The number of carbonyl (C=O) groups excluding carboxylic acids is 1. The van der Waals surface area contributed by atoms with E-state index in [4.69, 9.17) is 9.15 Å². The summed E-state index contributed by atoms with van der Waals surface area (Å²) < 4.78 is 11.4. The molecule has 0 aromatic carbocycles. The van der Waals surface area contributed by atoms with Crippen molar-refractivity contribution in [2.45, 2.75) is 52.6 Å². The number of ether oxygens (including phenoxy) is 1. The van der Waals surface area contributed by atoms with E-state index in [0.29, 0.717) is 37.0 Å². The van der Waals surface area contributed by atoms with Crippen molar-refractivity contribution in [3.05, 3.63) is 28.7 Å². The molecule has 2 aromatic heterocycles. The van der Waals surface area contributed by atoms with E-state index in [1.807, 2.05) is 34.6 Å². The number of nitrogens with one attached hydrogen (secondary N) is 1. The molecule has 1 aliphatic rings. The predicted molar refractivity (Wildman–Crippen MR) is 90.4 cm³/mol. The molecule has 0 bridgehead atoms. The molecule has 1 aliphatic heterocycles. The van der Waals surface area contributed by atoms with Crippen LogP contribution in [0.2, 0.25) is 0 Å². The normalized spacial score (nSPS) is 18.4. The van der Waals surface area contributed by atoms with Crippen molar-refractivity contribution < 1.29 is 13.9 Å². The van der Waals surface area contributed by atoms with Crippen LogP contribution in [0.15, 0.2) is 4.42 Å². The van der Waals surface area contributed by atoms with Gasteiger partial charge in [0.05, 0.1) is 24.4 Å². The highest BCUT2D eigenvalue weighted by Crippen LogP contribution is 2.26. The zero-order valence-corrected chi connectivity index (χ0v) is 15.4. The summed E-state index contributed by atoms with van der Waals surface area (Å²) in [5.41, 5.74) is 2.24. The summed E-state index contributed by atoms with van der Waals surface area (Å²) in [5.74, 6) is 1.30. The summed E-state index contributed by atoms with van der Waals surface area (Å²) in [4.78, 5) is 14.8. The maximum atomic E-state index is 13.0. The quantitative estimate of drug-likeness (QED) is 0.913. The first-order valence-corrected chi connectivity index (χ1v) is 8.67. The first kappa shape index (κ1) is 17.6. The van der Waals surface area contributed by atoms with E-state index in [2.05, 4.69) is 20.4 Å². The highest BCUT2D eigenvalue weighted by molar-refractivity contribution is 5.96. The average Bonchev–Trinajstić information content (AvgIpc) is 3.21. The van der Waals surface area contributed by atoms with Gasteiger partial charge in [-0.05, 0) is 12.8 Å². The summed E-state index contributed by atoms with van der Waals surface area (Å²) in [6.45, 7) is 11.3. The summed E-state index contributed by atoms with van der Waals surface area (Å²) in [6, 6.07) is 0. The molecule has 3 heterocycles. The van der Waals surface area contributed by atoms with Crippen molar-refractivity contribution in [2.75, 3.05) is 19.7 Å². The van der Waals surface area contributed by atoms with Gasteiger partial charge in [-0.3, -0.25) is 9.89 Å². The lowest BCUT2D eigenvalue weighted by Gasteiger charge is -2.31. The number of aromatic nitrogens is 4. The lowest BCUT2D eigenvalue weighted by molar-refractivity contribution is -0.0351.